The number of nitrogens with one attached hydrogen (secondary N) is 2. The van der Waals surface area contributed by atoms with Gasteiger partial charge in [-0.1, -0.05) is 24.3 Å². The van der Waals surface area contributed by atoms with Crippen molar-refractivity contribution < 1.29 is 52.6 Å². The van der Waals surface area contributed by atoms with Gasteiger partial charge in [-0.15, -0.1) is 0 Å². The maximum Gasteiger partial charge on any atom is 0.394 e. The second kappa shape index (κ2) is 16.8. The summed E-state index contributed by atoms with van der Waals surface area (Å²) in [6.45, 7) is 0. The smallest absolute Gasteiger partial charge is 0.394 e. The number of nitrogens with two attached hydrogens (primary N) is 2. The molecule has 0 unspecified atom stereocenters. The second-order valence-electron chi connectivity index (χ2n) is 5.02. The van der Waals surface area contributed by atoms with Crippen LogP contribution in [0.3, 0.4) is 0 Å². The number of rotatable bonds is 2. The third-order valence-corrected chi connectivity index (χ3v) is 2.46. The molecule has 2 rings (SSSR count). The Hall–Kier alpha value is -2.75. The van der Waals surface area contributed by atoms with Gasteiger partial charge in [-0.2, -0.15) is 25.3 Å². The Morgan fingerprint density at radius 1 is 0.545 bits per heavy atom. The van der Waals surface area contributed by atoms with Crippen LogP contribution in [0.2, 0.25) is 0 Å². The first-order valence-corrected chi connectivity index (χ1v) is 12.0. The fourth-order valence-electron chi connectivity index (χ4n) is 1.45. The minimum Gasteiger partial charge on any atom is -0.397 e. The molecule has 0 saturated carbocycles. The summed E-state index contributed by atoms with van der Waals surface area (Å²) in [6.07, 6.45) is 0. The van der Waals surface area contributed by atoms with Gasteiger partial charge in [0.05, 0.1) is 22.7 Å². The maximum absolute atomic E-state index is 8.74. The molecule has 0 heterocycles. The molecule has 0 bridgehead atoms. The largest absolute Gasteiger partial charge is 0.397 e. The van der Waals surface area contributed by atoms with Crippen LogP contribution in [0.25, 0.3) is 0 Å². The Balaban J connectivity index is -0.000000354. The summed E-state index contributed by atoms with van der Waals surface area (Å²) < 4.78 is 94.8. The third kappa shape index (κ3) is 40.2. The van der Waals surface area contributed by atoms with E-state index in [-0.39, 0.29) is 0 Å². The zero-order chi connectivity index (χ0) is 26.9. The highest BCUT2D eigenvalue weighted by Gasteiger charge is 1.90. The molecule has 0 spiro atoms. The van der Waals surface area contributed by atoms with Crippen LogP contribution in [0, 0.1) is 0 Å². The molecule has 0 amide bonds. The molecule has 0 fully saturated rings. The highest BCUT2D eigenvalue weighted by molar-refractivity contribution is 7.80. The van der Waals surface area contributed by atoms with E-state index in [0.29, 0.717) is 0 Å². The van der Waals surface area contributed by atoms with Crippen LogP contribution in [0.4, 0.5) is 22.7 Å². The normalized spacial score (nSPS) is 10.2. The molecule has 0 aliphatic rings. The van der Waals surface area contributed by atoms with Gasteiger partial charge >= 0.3 is 31.2 Å². The standard InChI is InChI=1S/2C7H10N2.3H2O4S/c2*1-9-7-5-3-2-4-6(7)8;3*1-5(2,3)4/h2*2-5,9H,8H2,1H3;3*(H2,1,2,3,4). The molecule has 0 aromatic heterocycles. The molecule has 0 saturated heterocycles. The molecular formula is C14H26N4O12S3. The third-order valence-electron chi connectivity index (χ3n) is 2.46. The molecule has 0 aliphatic carbocycles. The molecule has 0 radical (unpaired) electrons. The van der Waals surface area contributed by atoms with E-state index in [1.165, 1.54) is 0 Å². The first-order chi connectivity index (χ1) is 14.7. The average molecular weight is 539 g/mol. The quantitative estimate of drug-likeness (QED) is 0.185. The Labute approximate surface area is 191 Å². The van der Waals surface area contributed by atoms with Gasteiger partial charge in [-0.25, -0.2) is 0 Å². The van der Waals surface area contributed by atoms with Gasteiger partial charge in [0.15, 0.2) is 0 Å². The number of benzene rings is 2. The molecule has 0 aliphatic heterocycles. The van der Waals surface area contributed by atoms with Crippen molar-refractivity contribution in [1.82, 2.24) is 0 Å². The minimum absolute atomic E-state index is 0.792. The van der Waals surface area contributed by atoms with Crippen LogP contribution in [0.5, 0.6) is 0 Å². The van der Waals surface area contributed by atoms with E-state index >= 15 is 0 Å². The van der Waals surface area contributed by atoms with Crippen LogP contribution < -0.4 is 22.1 Å². The Kier molecular flexibility index (Phi) is 17.8. The molecule has 2 aromatic carbocycles. The van der Waals surface area contributed by atoms with Crippen LogP contribution in [0.1, 0.15) is 0 Å². The van der Waals surface area contributed by atoms with Crippen LogP contribution in [-0.4, -0.2) is 66.7 Å². The first kappa shape index (κ1) is 34.9. The molecule has 16 nitrogen and oxygen atoms in total. The van der Waals surface area contributed by atoms with Gasteiger partial charge < -0.3 is 22.1 Å². The summed E-state index contributed by atoms with van der Waals surface area (Å²) >= 11 is 0. The Morgan fingerprint density at radius 2 is 0.727 bits per heavy atom. The van der Waals surface area contributed by atoms with Crippen molar-refractivity contribution in [3.63, 3.8) is 0 Å². The lowest BCUT2D eigenvalue weighted by molar-refractivity contribution is 0.378. The van der Waals surface area contributed by atoms with Gasteiger partial charge in [-0.3, -0.25) is 27.3 Å². The van der Waals surface area contributed by atoms with Crippen LogP contribution >= 0.6 is 0 Å². The number of para-hydroxylation sites is 4. The number of nitrogen functional groups attached to an aromatic ring is 2. The van der Waals surface area contributed by atoms with Crippen LogP contribution in [-0.2, 0) is 31.2 Å². The lowest BCUT2D eigenvalue weighted by atomic mass is 10.3. The van der Waals surface area contributed by atoms with Gasteiger partial charge in [-0.05, 0) is 24.3 Å². The summed E-state index contributed by atoms with van der Waals surface area (Å²) in [7, 11) is -10.3. The fourth-order valence-corrected chi connectivity index (χ4v) is 1.45. The van der Waals surface area contributed by atoms with Gasteiger partial charge in [0.2, 0.25) is 0 Å². The van der Waals surface area contributed by atoms with E-state index in [1.807, 2.05) is 62.6 Å². The van der Waals surface area contributed by atoms with E-state index in [1.54, 1.807) is 0 Å². The Morgan fingerprint density at radius 3 is 0.848 bits per heavy atom. The summed E-state index contributed by atoms with van der Waals surface area (Å²) in [5.74, 6) is 0. The minimum atomic E-state index is -4.67. The summed E-state index contributed by atoms with van der Waals surface area (Å²) in [6, 6.07) is 15.3. The van der Waals surface area contributed by atoms with Crippen molar-refractivity contribution in [2.45, 2.75) is 0 Å². The predicted octanol–water partition coefficient (Wildman–Crippen LogP) is 0.663. The van der Waals surface area contributed by atoms with E-state index in [9.17, 15) is 0 Å². The van der Waals surface area contributed by atoms with Crippen molar-refractivity contribution >= 4 is 53.9 Å². The lowest BCUT2D eigenvalue weighted by Crippen LogP contribution is -1.93. The van der Waals surface area contributed by atoms with Crippen molar-refractivity contribution in [2.75, 3.05) is 36.2 Å². The summed E-state index contributed by atoms with van der Waals surface area (Å²) in [5, 5.41) is 5.94. The first-order valence-electron chi connectivity index (χ1n) is 7.83. The SMILES string of the molecule is CNc1ccccc1N.CNc1ccccc1N.O=S(=O)(O)O.O=S(=O)(O)O.O=S(=O)(O)O. The highest BCUT2D eigenvalue weighted by atomic mass is 32.3. The zero-order valence-electron chi connectivity index (χ0n) is 17.1. The molecule has 2 aromatic rings. The molecule has 19 heteroatoms. The van der Waals surface area contributed by atoms with Crippen molar-refractivity contribution in [1.29, 1.82) is 0 Å². The van der Waals surface area contributed by atoms with Crippen LogP contribution in [0.15, 0.2) is 48.5 Å². The van der Waals surface area contributed by atoms with Gasteiger partial charge in [0, 0.05) is 14.1 Å². The second-order valence-corrected chi connectivity index (χ2v) is 7.71. The van der Waals surface area contributed by atoms with E-state index in [4.69, 9.17) is 64.0 Å². The highest BCUT2D eigenvalue weighted by Crippen LogP contribution is 2.15. The van der Waals surface area contributed by atoms with Crippen molar-refractivity contribution in [3.8, 4) is 0 Å². The van der Waals surface area contributed by atoms with Gasteiger partial charge in [0.1, 0.15) is 0 Å². The molecule has 0 atom stereocenters. The zero-order valence-corrected chi connectivity index (χ0v) is 19.6. The Bertz CT molecular complexity index is 983. The maximum atomic E-state index is 8.74. The van der Waals surface area contributed by atoms with Crippen molar-refractivity contribution in [2.24, 2.45) is 0 Å². The van der Waals surface area contributed by atoms with Crippen molar-refractivity contribution in [3.05, 3.63) is 48.5 Å². The number of anilines is 4. The summed E-state index contributed by atoms with van der Waals surface area (Å²) in [5.41, 5.74) is 14.7. The van der Waals surface area contributed by atoms with E-state index < -0.39 is 31.2 Å². The molecule has 12 N–H and O–H groups in total. The lowest BCUT2D eigenvalue weighted by Gasteiger charge is -2.01. The molecule has 33 heavy (non-hydrogen) atoms. The van der Waals surface area contributed by atoms with Gasteiger partial charge in [0.25, 0.3) is 0 Å². The molecule has 192 valence electrons. The topological polar surface area (TPSA) is 300 Å². The number of hydrogen-bond acceptors (Lipinski definition) is 10. The average Bonchev–Trinajstić information content (AvgIpc) is 2.59. The molecular weight excluding hydrogens is 512 g/mol. The van der Waals surface area contributed by atoms with E-state index in [2.05, 4.69) is 10.6 Å². The number of hydrogen-bond donors (Lipinski definition) is 10. The van der Waals surface area contributed by atoms with E-state index in [0.717, 1.165) is 22.7 Å². The monoisotopic (exact) mass is 538 g/mol. The summed E-state index contributed by atoms with van der Waals surface area (Å²) in [4.78, 5) is 0. The predicted molar refractivity (Wildman–Crippen MR) is 123 cm³/mol. The fraction of sp³-hybridized carbons (Fsp3) is 0.143.